The number of rotatable bonds is 6. The van der Waals surface area contributed by atoms with Crippen molar-refractivity contribution in [1.29, 1.82) is 0 Å². The van der Waals surface area contributed by atoms with Crippen molar-refractivity contribution < 1.29 is 0 Å². The highest BCUT2D eigenvalue weighted by Gasteiger charge is 2.34. The molecule has 3 aromatic heterocycles. The zero-order valence-electron chi connectivity index (χ0n) is 21.2. The fourth-order valence-corrected chi connectivity index (χ4v) is 5.07. The number of aryl methyl sites for hydroxylation is 1. The van der Waals surface area contributed by atoms with E-state index in [1.165, 1.54) is 24.0 Å². The Balaban J connectivity index is 1.41. The summed E-state index contributed by atoms with van der Waals surface area (Å²) in [5, 5.41) is 11.9. The molecule has 0 radical (unpaired) electrons. The molecule has 7 nitrogen and oxygen atoms in total. The van der Waals surface area contributed by atoms with Crippen molar-refractivity contribution in [2.24, 2.45) is 5.41 Å². The second-order valence-corrected chi connectivity index (χ2v) is 10.9. The van der Waals surface area contributed by atoms with Gasteiger partial charge in [-0.15, -0.1) is 0 Å². The van der Waals surface area contributed by atoms with E-state index in [4.69, 9.17) is 9.97 Å². The van der Waals surface area contributed by atoms with Crippen molar-refractivity contribution in [1.82, 2.24) is 25.3 Å². The molecule has 0 amide bonds. The molecule has 1 atom stereocenters. The Hall–Kier alpha value is -3.58. The number of fused-ring (bicyclic) bond motifs is 1. The van der Waals surface area contributed by atoms with Crippen molar-refractivity contribution in [2.45, 2.75) is 52.0 Å². The Morgan fingerprint density at radius 3 is 2.61 bits per heavy atom. The Labute approximate surface area is 212 Å². The molecule has 1 aliphatic heterocycles. The van der Waals surface area contributed by atoms with Gasteiger partial charge in [-0.3, -0.25) is 4.98 Å². The maximum Gasteiger partial charge on any atom is 0.162 e. The Morgan fingerprint density at radius 1 is 1.00 bits per heavy atom. The highest BCUT2D eigenvalue weighted by molar-refractivity contribution is 5.93. The molecule has 4 heterocycles. The van der Waals surface area contributed by atoms with E-state index in [-0.39, 0.29) is 5.41 Å². The molecule has 1 aromatic carbocycles. The van der Waals surface area contributed by atoms with Crippen LogP contribution in [-0.4, -0.2) is 39.1 Å². The standard InChI is InChI=1S/C29H33N7/c1-18-4-8-21(9-5-18)33-25-14-20(10-13-32-25)27-34-23-16-31-15-22(19-6-7-19)26(23)28(36-27)35-24-11-12-30-17-29(24,2)3/h4-5,8-10,13-16,19,24,30H,6-7,11-12,17H2,1-3H3,(H,32,33)(H,34,35,36). The highest BCUT2D eigenvalue weighted by atomic mass is 15.1. The van der Waals surface area contributed by atoms with Crippen LogP contribution >= 0.6 is 0 Å². The van der Waals surface area contributed by atoms with Gasteiger partial charge in [0.2, 0.25) is 0 Å². The second-order valence-electron chi connectivity index (χ2n) is 10.9. The number of piperidine rings is 1. The summed E-state index contributed by atoms with van der Waals surface area (Å²) in [7, 11) is 0. The molecule has 7 heteroatoms. The molecule has 0 bridgehead atoms. The van der Waals surface area contributed by atoms with Crippen molar-refractivity contribution in [3.05, 3.63) is 66.1 Å². The molecule has 3 N–H and O–H groups in total. The normalized spacial score (nSPS) is 19.2. The van der Waals surface area contributed by atoms with Crippen molar-refractivity contribution >= 4 is 28.2 Å². The monoisotopic (exact) mass is 479 g/mol. The first kappa shape index (κ1) is 22.9. The van der Waals surface area contributed by atoms with Crippen molar-refractivity contribution in [2.75, 3.05) is 23.7 Å². The largest absolute Gasteiger partial charge is 0.366 e. The fourth-order valence-electron chi connectivity index (χ4n) is 5.07. The molecule has 36 heavy (non-hydrogen) atoms. The number of anilines is 3. The van der Waals surface area contributed by atoms with Gasteiger partial charge < -0.3 is 16.0 Å². The van der Waals surface area contributed by atoms with Crippen LogP contribution in [0.5, 0.6) is 0 Å². The summed E-state index contributed by atoms with van der Waals surface area (Å²) in [5.41, 5.74) is 5.42. The smallest absolute Gasteiger partial charge is 0.162 e. The molecule has 4 aromatic rings. The Morgan fingerprint density at radius 2 is 1.83 bits per heavy atom. The van der Waals surface area contributed by atoms with E-state index in [0.29, 0.717) is 17.8 Å². The molecule has 2 aliphatic rings. The van der Waals surface area contributed by atoms with Crippen LogP contribution < -0.4 is 16.0 Å². The molecule has 1 saturated carbocycles. The predicted octanol–water partition coefficient (Wildman–Crippen LogP) is 5.82. The number of hydrogen-bond donors (Lipinski definition) is 3. The average Bonchev–Trinajstić information content (AvgIpc) is 3.72. The van der Waals surface area contributed by atoms with Gasteiger partial charge >= 0.3 is 0 Å². The Kier molecular flexibility index (Phi) is 5.80. The quantitative estimate of drug-likeness (QED) is 0.321. The van der Waals surface area contributed by atoms with Crippen LogP contribution in [0.3, 0.4) is 0 Å². The summed E-state index contributed by atoms with van der Waals surface area (Å²) in [5.74, 6) is 2.92. The number of nitrogens with zero attached hydrogens (tertiary/aromatic N) is 4. The van der Waals surface area contributed by atoms with Gasteiger partial charge in [0.05, 0.1) is 11.7 Å². The first-order valence-electron chi connectivity index (χ1n) is 12.9. The number of aromatic nitrogens is 4. The van der Waals surface area contributed by atoms with Crippen molar-refractivity contribution in [3.8, 4) is 11.4 Å². The minimum Gasteiger partial charge on any atom is -0.366 e. The van der Waals surface area contributed by atoms with Crippen LogP contribution in [0.25, 0.3) is 22.3 Å². The minimum absolute atomic E-state index is 0.115. The van der Waals surface area contributed by atoms with E-state index >= 15 is 0 Å². The fraction of sp³-hybridized carbons (Fsp3) is 0.379. The van der Waals surface area contributed by atoms with Crippen LogP contribution in [0, 0.1) is 12.3 Å². The molecule has 2 fully saturated rings. The van der Waals surface area contributed by atoms with Gasteiger partial charge in [0.15, 0.2) is 5.82 Å². The van der Waals surface area contributed by atoms with Gasteiger partial charge in [0.1, 0.15) is 11.6 Å². The lowest BCUT2D eigenvalue weighted by atomic mass is 9.80. The lowest BCUT2D eigenvalue weighted by Gasteiger charge is -2.40. The zero-order chi connectivity index (χ0) is 24.7. The summed E-state index contributed by atoms with van der Waals surface area (Å²) >= 11 is 0. The molecule has 6 rings (SSSR count). The SMILES string of the molecule is Cc1ccc(Nc2cc(-c3nc(NC4CCNCC4(C)C)c4c(C5CC5)cncc4n3)ccn2)cc1. The van der Waals surface area contributed by atoms with Crippen LogP contribution in [0.2, 0.25) is 0 Å². The summed E-state index contributed by atoms with van der Waals surface area (Å²) in [4.78, 5) is 19.2. The number of benzene rings is 1. The van der Waals surface area contributed by atoms with Gasteiger partial charge in [-0.05, 0) is 73.9 Å². The summed E-state index contributed by atoms with van der Waals surface area (Å²) in [6, 6.07) is 12.6. The maximum atomic E-state index is 5.14. The number of nitrogens with one attached hydrogen (secondary N) is 3. The highest BCUT2D eigenvalue weighted by Crippen LogP contribution is 2.44. The van der Waals surface area contributed by atoms with E-state index in [2.05, 4.69) is 71.0 Å². The van der Waals surface area contributed by atoms with Gasteiger partial charge in [-0.2, -0.15) is 0 Å². The molecule has 1 unspecified atom stereocenters. The lowest BCUT2D eigenvalue weighted by molar-refractivity contribution is 0.236. The molecule has 0 spiro atoms. The third-order valence-electron chi connectivity index (χ3n) is 7.44. The third kappa shape index (κ3) is 4.63. The van der Waals surface area contributed by atoms with Gasteiger partial charge in [0.25, 0.3) is 0 Å². The van der Waals surface area contributed by atoms with Gasteiger partial charge in [0, 0.05) is 41.6 Å². The zero-order valence-corrected chi connectivity index (χ0v) is 21.2. The minimum atomic E-state index is 0.115. The van der Waals surface area contributed by atoms with Gasteiger partial charge in [-0.1, -0.05) is 31.5 Å². The first-order chi connectivity index (χ1) is 17.5. The summed E-state index contributed by atoms with van der Waals surface area (Å²) < 4.78 is 0. The number of pyridine rings is 2. The second kappa shape index (κ2) is 9.13. The first-order valence-corrected chi connectivity index (χ1v) is 12.9. The van der Waals surface area contributed by atoms with E-state index in [9.17, 15) is 0 Å². The van der Waals surface area contributed by atoms with E-state index in [0.717, 1.165) is 53.3 Å². The topological polar surface area (TPSA) is 87.7 Å². The van der Waals surface area contributed by atoms with E-state index in [1.807, 2.05) is 24.5 Å². The van der Waals surface area contributed by atoms with Crippen molar-refractivity contribution in [3.63, 3.8) is 0 Å². The summed E-state index contributed by atoms with van der Waals surface area (Å²) in [6.07, 6.45) is 9.16. The molecule has 1 aliphatic carbocycles. The summed E-state index contributed by atoms with van der Waals surface area (Å²) in [6.45, 7) is 8.70. The predicted molar refractivity (Wildman–Crippen MR) is 146 cm³/mol. The molecule has 1 saturated heterocycles. The average molecular weight is 480 g/mol. The maximum absolute atomic E-state index is 5.14. The van der Waals surface area contributed by atoms with Crippen LogP contribution in [-0.2, 0) is 0 Å². The van der Waals surface area contributed by atoms with Crippen LogP contribution in [0.1, 0.15) is 50.2 Å². The number of hydrogen-bond acceptors (Lipinski definition) is 7. The molecular formula is C29H33N7. The van der Waals surface area contributed by atoms with E-state index < -0.39 is 0 Å². The Bertz CT molecular complexity index is 1390. The third-order valence-corrected chi connectivity index (χ3v) is 7.44. The lowest BCUT2D eigenvalue weighted by Crippen LogP contribution is -2.49. The van der Waals surface area contributed by atoms with E-state index in [1.54, 1.807) is 6.20 Å². The van der Waals surface area contributed by atoms with Crippen LogP contribution in [0.15, 0.2) is 55.0 Å². The molecular weight excluding hydrogens is 446 g/mol. The van der Waals surface area contributed by atoms with Gasteiger partial charge in [-0.25, -0.2) is 15.0 Å². The van der Waals surface area contributed by atoms with Crippen LogP contribution in [0.4, 0.5) is 17.3 Å². The molecule has 184 valence electrons.